The van der Waals surface area contributed by atoms with Gasteiger partial charge in [-0.05, 0) is 30.5 Å². The second kappa shape index (κ2) is 7.68. The molecule has 0 atom stereocenters. The van der Waals surface area contributed by atoms with E-state index in [4.69, 9.17) is 27.9 Å². The lowest BCUT2D eigenvalue weighted by molar-refractivity contribution is 0.130. The van der Waals surface area contributed by atoms with Crippen LogP contribution in [0.2, 0.25) is 10.0 Å². The number of nitrogens with one attached hydrogen (secondary N) is 1. The molecular formula is C18H16Cl2F2N2O2. The van der Waals surface area contributed by atoms with E-state index in [1.165, 1.54) is 37.4 Å². The number of rotatable bonds is 4. The van der Waals surface area contributed by atoms with E-state index in [1.807, 2.05) is 0 Å². The number of urea groups is 1. The zero-order valence-electron chi connectivity index (χ0n) is 13.9. The van der Waals surface area contributed by atoms with Gasteiger partial charge in [-0.15, -0.1) is 0 Å². The molecule has 8 heteroatoms. The largest absolute Gasteiger partial charge is 0.495 e. The van der Waals surface area contributed by atoms with Crippen LogP contribution in [0.5, 0.6) is 5.75 Å². The fourth-order valence-electron chi connectivity index (χ4n) is 2.87. The van der Waals surface area contributed by atoms with Crippen molar-refractivity contribution < 1.29 is 18.3 Å². The fraction of sp³-hybridized carbons (Fsp3) is 0.278. The molecule has 0 unspecified atom stereocenters. The number of methoxy groups -OCH3 is 1. The minimum atomic E-state index is -0.562. The topological polar surface area (TPSA) is 41.6 Å². The van der Waals surface area contributed by atoms with Gasteiger partial charge in [0, 0.05) is 24.7 Å². The van der Waals surface area contributed by atoms with Gasteiger partial charge in [-0.1, -0.05) is 29.3 Å². The van der Waals surface area contributed by atoms with Gasteiger partial charge >= 0.3 is 6.03 Å². The van der Waals surface area contributed by atoms with Crippen molar-refractivity contribution in [2.45, 2.75) is 6.42 Å². The van der Waals surface area contributed by atoms with Crippen molar-refractivity contribution >= 4 is 34.9 Å². The third-order valence-electron chi connectivity index (χ3n) is 4.28. The summed E-state index contributed by atoms with van der Waals surface area (Å²) in [6, 6.07) is 6.48. The van der Waals surface area contributed by atoms with Crippen LogP contribution >= 0.6 is 23.2 Å². The van der Waals surface area contributed by atoms with Crippen molar-refractivity contribution in [3.05, 3.63) is 57.6 Å². The summed E-state index contributed by atoms with van der Waals surface area (Å²) in [5.74, 6) is -0.733. The van der Waals surface area contributed by atoms with Gasteiger partial charge < -0.3 is 15.0 Å². The molecule has 1 saturated heterocycles. The van der Waals surface area contributed by atoms with Crippen LogP contribution in [0.25, 0.3) is 0 Å². The summed E-state index contributed by atoms with van der Waals surface area (Å²) in [5.41, 5.74) is 0.458. The predicted molar refractivity (Wildman–Crippen MR) is 97.2 cm³/mol. The fourth-order valence-corrected chi connectivity index (χ4v) is 3.19. The summed E-state index contributed by atoms with van der Waals surface area (Å²) in [7, 11) is 1.46. The zero-order valence-corrected chi connectivity index (χ0v) is 15.4. The predicted octanol–water partition coefficient (Wildman–Crippen LogP) is 4.99. The minimum Gasteiger partial charge on any atom is -0.495 e. The standard InChI is InChI=1S/C18H16Cl2F2N2O2/c1-26-17-7-13(20)12(19)6-16(17)23-18(25)24-8-10(9-24)5-11-14(21)3-2-4-15(11)22/h2-4,6-7,10H,5,8-9H2,1H3,(H,23,25). The highest BCUT2D eigenvalue weighted by atomic mass is 35.5. The van der Waals surface area contributed by atoms with E-state index >= 15 is 0 Å². The van der Waals surface area contributed by atoms with Gasteiger partial charge in [-0.2, -0.15) is 0 Å². The van der Waals surface area contributed by atoms with Gasteiger partial charge in [-0.25, -0.2) is 13.6 Å². The second-order valence-corrected chi connectivity index (χ2v) is 6.89. The number of ether oxygens (including phenoxy) is 1. The van der Waals surface area contributed by atoms with E-state index in [0.717, 1.165) is 0 Å². The summed E-state index contributed by atoms with van der Waals surface area (Å²) in [6.07, 6.45) is 0.248. The average molecular weight is 401 g/mol. The Kier molecular flexibility index (Phi) is 5.53. The highest BCUT2D eigenvalue weighted by Gasteiger charge is 2.32. The van der Waals surface area contributed by atoms with Crippen LogP contribution in [0.15, 0.2) is 30.3 Å². The van der Waals surface area contributed by atoms with Gasteiger partial charge in [0.15, 0.2) is 0 Å². The first-order chi connectivity index (χ1) is 12.4. The van der Waals surface area contributed by atoms with Crippen molar-refractivity contribution in [3.63, 3.8) is 0 Å². The molecule has 2 aromatic rings. The molecule has 1 aliphatic heterocycles. The Balaban J connectivity index is 1.60. The van der Waals surface area contributed by atoms with Gasteiger partial charge in [0.05, 0.1) is 22.8 Å². The number of carbonyl (C=O) groups excluding carboxylic acids is 1. The van der Waals surface area contributed by atoms with Crippen molar-refractivity contribution in [1.82, 2.24) is 4.90 Å². The van der Waals surface area contributed by atoms with Crippen molar-refractivity contribution in [2.75, 3.05) is 25.5 Å². The van der Waals surface area contributed by atoms with E-state index in [9.17, 15) is 13.6 Å². The Morgan fingerprint density at radius 3 is 2.46 bits per heavy atom. The molecule has 1 aliphatic rings. The van der Waals surface area contributed by atoms with E-state index in [2.05, 4.69) is 5.32 Å². The summed E-state index contributed by atoms with van der Waals surface area (Å²) in [5, 5.41) is 3.32. The van der Waals surface area contributed by atoms with Gasteiger partial charge in [0.2, 0.25) is 0 Å². The SMILES string of the molecule is COc1cc(Cl)c(Cl)cc1NC(=O)N1CC(Cc2c(F)cccc2F)C1. The van der Waals surface area contributed by atoms with E-state index in [-0.39, 0.29) is 23.9 Å². The van der Waals surface area contributed by atoms with Crippen LogP contribution in [0.3, 0.4) is 0 Å². The molecule has 1 N–H and O–H groups in total. The number of anilines is 1. The van der Waals surface area contributed by atoms with Crippen LogP contribution in [0, 0.1) is 17.6 Å². The summed E-state index contributed by atoms with van der Waals surface area (Å²) < 4.78 is 32.6. The third kappa shape index (κ3) is 3.86. The Hall–Kier alpha value is -2.05. The van der Waals surface area contributed by atoms with Crippen molar-refractivity contribution in [3.8, 4) is 5.75 Å². The molecule has 3 rings (SSSR count). The lowest BCUT2D eigenvalue weighted by Crippen LogP contribution is -2.52. The van der Waals surface area contributed by atoms with Crippen LogP contribution in [-0.4, -0.2) is 31.1 Å². The Morgan fingerprint density at radius 2 is 1.85 bits per heavy atom. The maximum absolute atomic E-state index is 13.7. The van der Waals surface area contributed by atoms with E-state index in [1.54, 1.807) is 4.90 Å². The Labute approximate surface area is 159 Å². The first-order valence-corrected chi connectivity index (χ1v) is 8.66. The third-order valence-corrected chi connectivity index (χ3v) is 5.01. The van der Waals surface area contributed by atoms with Crippen LogP contribution in [0.4, 0.5) is 19.3 Å². The van der Waals surface area contributed by atoms with Crippen LogP contribution in [-0.2, 0) is 6.42 Å². The molecule has 1 heterocycles. The molecule has 26 heavy (non-hydrogen) atoms. The highest BCUT2D eigenvalue weighted by molar-refractivity contribution is 6.42. The summed E-state index contributed by atoms with van der Waals surface area (Å²) in [4.78, 5) is 13.9. The second-order valence-electron chi connectivity index (χ2n) is 6.07. The molecule has 0 saturated carbocycles. The quantitative estimate of drug-likeness (QED) is 0.785. The lowest BCUT2D eigenvalue weighted by atomic mass is 9.92. The molecule has 138 valence electrons. The Bertz CT molecular complexity index is 822. The number of benzene rings is 2. The molecule has 2 aromatic carbocycles. The van der Waals surface area contributed by atoms with Crippen LogP contribution in [0.1, 0.15) is 5.56 Å². The smallest absolute Gasteiger partial charge is 0.321 e. The molecule has 0 aliphatic carbocycles. The maximum Gasteiger partial charge on any atom is 0.321 e. The number of hydrogen-bond donors (Lipinski definition) is 1. The highest BCUT2D eigenvalue weighted by Crippen LogP contribution is 2.34. The van der Waals surface area contributed by atoms with Gasteiger partial charge in [-0.3, -0.25) is 0 Å². The Morgan fingerprint density at radius 1 is 1.23 bits per heavy atom. The number of amides is 2. The van der Waals surface area contributed by atoms with Gasteiger partial charge in [0.1, 0.15) is 17.4 Å². The van der Waals surface area contributed by atoms with E-state index < -0.39 is 11.6 Å². The normalized spacial score (nSPS) is 14.1. The number of hydrogen-bond acceptors (Lipinski definition) is 2. The maximum atomic E-state index is 13.7. The lowest BCUT2D eigenvalue weighted by Gasteiger charge is -2.39. The van der Waals surface area contributed by atoms with Crippen LogP contribution < -0.4 is 10.1 Å². The summed E-state index contributed by atoms with van der Waals surface area (Å²) in [6.45, 7) is 0.812. The number of halogens is 4. The zero-order chi connectivity index (χ0) is 18.8. The first-order valence-electron chi connectivity index (χ1n) is 7.91. The molecular weight excluding hydrogens is 385 g/mol. The molecule has 0 spiro atoms. The summed E-state index contributed by atoms with van der Waals surface area (Å²) >= 11 is 11.9. The first kappa shape index (κ1) is 18.7. The number of nitrogens with zero attached hydrogens (tertiary/aromatic N) is 1. The molecule has 0 bridgehead atoms. The molecule has 0 radical (unpaired) electrons. The van der Waals surface area contributed by atoms with Crippen molar-refractivity contribution in [2.24, 2.45) is 5.92 Å². The molecule has 2 amide bonds. The van der Waals surface area contributed by atoms with Gasteiger partial charge in [0.25, 0.3) is 0 Å². The molecule has 1 fully saturated rings. The van der Waals surface area contributed by atoms with E-state index in [0.29, 0.717) is 34.6 Å². The average Bonchev–Trinajstić information content (AvgIpc) is 2.55. The minimum absolute atomic E-state index is 0.00264. The number of likely N-dealkylation sites (tertiary alicyclic amines) is 1. The monoisotopic (exact) mass is 400 g/mol. The number of carbonyl (C=O) groups is 1. The van der Waals surface area contributed by atoms with Crippen molar-refractivity contribution in [1.29, 1.82) is 0 Å². The molecule has 4 nitrogen and oxygen atoms in total. The molecule has 0 aromatic heterocycles.